The van der Waals surface area contributed by atoms with Crippen LogP contribution in [0, 0.1) is 6.92 Å². The van der Waals surface area contributed by atoms with Crippen molar-refractivity contribution in [2.24, 2.45) is 0 Å². The Balaban J connectivity index is 1.25. The minimum absolute atomic E-state index is 0.0957. The van der Waals surface area contributed by atoms with Crippen LogP contribution in [0.15, 0.2) is 36.4 Å². The van der Waals surface area contributed by atoms with E-state index in [2.05, 4.69) is 59.4 Å². The molecule has 0 saturated carbocycles. The second kappa shape index (κ2) is 10.7. The van der Waals surface area contributed by atoms with E-state index in [-0.39, 0.29) is 29.9 Å². The summed E-state index contributed by atoms with van der Waals surface area (Å²) in [6.45, 7) is 12.4. The standard InChI is InChI=1S/C29H35N5O4/c1-18(2)33-13-11-32(12-14-33)17-21-8-7-20(15-19(21)3)16-30-23-6-4-5-22-26(23)29(38)34(28(22)37)24-9-10-25(35)31-27(24)36/h4-8,15,18,24,30H,9-14,16-17H2,1-3H3,(H,31,35,36). The number of piperidine rings is 1. The lowest BCUT2D eigenvalue weighted by Gasteiger charge is -2.37. The molecule has 1 atom stereocenters. The van der Waals surface area contributed by atoms with Crippen LogP contribution in [-0.4, -0.2) is 76.6 Å². The van der Waals surface area contributed by atoms with Gasteiger partial charge in [-0.05, 0) is 56.0 Å². The van der Waals surface area contributed by atoms with Crippen LogP contribution < -0.4 is 10.6 Å². The summed E-state index contributed by atoms with van der Waals surface area (Å²) < 4.78 is 0. The highest BCUT2D eigenvalue weighted by Crippen LogP contribution is 2.32. The monoisotopic (exact) mass is 517 g/mol. The largest absolute Gasteiger partial charge is 0.380 e. The first kappa shape index (κ1) is 26.1. The Morgan fingerprint density at radius 1 is 1.00 bits per heavy atom. The first-order chi connectivity index (χ1) is 18.2. The van der Waals surface area contributed by atoms with Gasteiger partial charge in [-0.2, -0.15) is 0 Å². The molecule has 4 amide bonds. The first-order valence-electron chi connectivity index (χ1n) is 13.4. The van der Waals surface area contributed by atoms with Crippen molar-refractivity contribution in [2.45, 2.75) is 58.8 Å². The van der Waals surface area contributed by atoms with Crippen molar-refractivity contribution in [1.82, 2.24) is 20.0 Å². The van der Waals surface area contributed by atoms with Crippen LogP contribution in [-0.2, 0) is 22.7 Å². The third-order valence-corrected chi connectivity index (χ3v) is 7.89. The summed E-state index contributed by atoms with van der Waals surface area (Å²) in [5.74, 6) is -2.01. The molecule has 0 radical (unpaired) electrons. The van der Waals surface area contributed by atoms with Gasteiger partial charge in [0, 0.05) is 57.4 Å². The van der Waals surface area contributed by atoms with Gasteiger partial charge in [-0.1, -0.05) is 24.3 Å². The van der Waals surface area contributed by atoms with Crippen LogP contribution in [0.25, 0.3) is 0 Å². The Hall–Kier alpha value is -3.56. The number of hydrogen-bond acceptors (Lipinski definition) is 7. The number of hydrogen-bond donors (Lipinski definition) is 2. The van der Waals surface area contributed by atoms with Gasteiger partial charge in [-0.15, -0.1) is 0 Å². The third-order valence-electron chi connectivity index (χ3n) is 7.89. The van der Waals surface area contributed by atoms with E-state index in [1.807, 2.05) is 0 Å². The zero-order valence-electron chi connectivity index (χ0n) is 22.3. The quantitative estimate of drug-likeness (QED) is 0.544. The van der Waals surface area contributed by atoms with E-state index in [0.717, 1.165) is 43.2 Å². The Labute approximate surface area is 223 Å². The summed E-state index contributed by atoms with van der Waals surface area (Å²) in [4.78, 5) is 56.3. The minimum Gasteiger partial charge on any atom is -0.380 e. The molecule has 0 aromatic heterocycles. The predicted octanol–water partition coefficient (Wildman–Crippen LogP) is 2.53. The number of carbonyl (C=O) groups is 4. The van der Waals surface area contributed by atoms with E-state index >= 15 is 0 Å². The second-order valence-electron chi connectivity index (χ2n) is 10.7. The Kier molecular flexibility index (Phi) is 7.32. The smallest absolute Gasteiger partial charge is 0.264 e. The third kappa shape index (κ3) is 5.08. The van der Waals surface area contributed by atoms with Gasteiger partial charge >= 0.3 is 0 Å². The van der Waals surface area contributed by atoms with Gasteiger partial charge in [0.1, 0.15) is 6.04 Å². The molecule has 3 aliphatic heterocycles. The van der Waals surface area contributed by atoms with E-state index in [0.29, 0.717) is 18.3 Å². The van der Waals surface area contributed by atoms with Gasteiger partial charge in [-0.25, -0.2) is 0 Å². The van der Waals surface area contributed by atoms with Gasteiger partial charge in [0.15, 0.2) is 0 Å². The number of nitrogens with one attached hydrogen (secondary N) is 2. The maximum atomic E-state index is 13.3. The molecule has 5 rings (SSSR count). The van der Waals surface area contributed by atoms with Crippen LogP contribution in [0.1, 0.15) is 64.1 Å². The van der Waals surface area contributed by atoms with E-state index < -0.39 is 23.8 Å². The normalized spacial score (nSPS) is 20.7. The number of nitrogens with zero attached hydrogens (tertiary/aromatic N) is 3. The van der Waals surface area contributed by atoms with Gasteiger partial charge in [0.2, 0.25) is 11.8 Å². The lowest BCUT2D eigenvalue weighted by molar-refractivity contribution is -0.136. The number of piperazine rings is 1. The number of benzene rings is 2. The summed E-state index contributed by atoms with van der Waals surface area (Å²) in [5.41, 5.74) is 4.72. The molecule has 0 spiro atoms. The van der Waals surface area contributed by atoms with Gasteiger partial charge < -0.3 is 5.32 Å². The van der Waals surface area contributed by atoms with Gasteiger partial charge in [0.05, 0.1) is 11.1 Å². The molecule has 200 valence electrons. The zero-order chi connectivity index (χ0) is 27.0. The van der Waals surface area contributed by atoms with Crippen molar-refractivity contribution in [2.75, 3.05) is 31.5 Å². The SMILES string of the molecule is Cc1cc(CNc2cccc3c2C(=O)N(C2CCC(=O)NC2=O)C3=O)ccc1CN1CCN(C(C)C)CC1. The van der Waals surface area contributed by atoms with Crippen molar-refractivity contribution >= 4 is 29.3 Å². The molecule has 2 aromatic carbocycles. The van der Waals surface area contributed by atoms with Crippen molar-refractivity contribution < 1.29 is 19.2 Å². The van der Waals surface area contributed by atoms with Gasteiger partial charge in [0.25, 0.3) is 11.8 Å². The number of imide groups is 2. The number of fused-ring (bicyclic) bond motifs is 1. The molecule has 3 aliphatic rings. The molecular weight excluding hydrogens is 482 g/mol. The lowest BCUT2D eigenvalue weighted by Crippen LogP contribution is -2.54. The Morgan fingerprint density at radius 3 is 2.45 bits per heavy atom. The first-order valence-corrected chi connectivity index (χ1v) is 13.4. The maximum Gasteiger partial charge on any atom is 0.264 e. The summed E-state index contributed by atoms with van der Waals surface area (Å²) >= 11 is 0. The van der Waals surface area contributed by atoms with Crippen LogP contribution >= 0.6 is 0 Å². The molecule has 9 nitrogen and oxygen atoms in total. The average Bonchev–Trinajstić information content (AvgIpc) is 3.15. The number of carbonyl (C=O) groups excluding carboxylic acids is 4. The molecule has 9 heteroatoms. The molecular formula is C29H35N5O4. The van der Waals surface area contributed by atoms with Crippen LogP contribution in [0.4, 0.5) is 5.69 Å². The summed E-state index contributed by atoms with van der Waals surface area (Å²) in [5, 5.41) is 5.56. The molecule has 2 aromatic rings. The van der Waals surface area contributed by atoms with E-state index in [1.165, 1.54) is 11.1 Å². The molecule has 0 aliphatic carbocycles. The van der Waals surface area contributed by atoms with E-state index in [1.54, 1.807) is 18.2 Å². The molecule has 1 unspecified atom stereocenters. The molecule has 0 bridgehead atoms. The highest BCUT2D eigenvalue weighted by molar-refractivity contribution is 6.25. The molecule has 38 heavy (non-hydrogen) atoms. The minimum atomic E-state index is -0.975. The summed E-state index contributed by atoms with van der Waals surface area (Å²) in [6.07, 6.45) is 0.232. The Morgan fingerprint density at radius 2 is 1.76 bits per heavy atom. The van der Waals surface area contributed by atoms with Crippen molar-refractivity contribution in [3.05, 3.63) is 64.2 Å². The summed E-state index contributed by atoms with van der Waals surface area (Å²) in [6, 6.07) is 11.2. The number of rotatable bonds is 7. The zero-order valence-corrected chi connectivity index (χ0v) is 22.3. The molecule has 3 heterocycles. The number of aryl methyl sites for hydroxylation is 1. The number of amides is 4. The highest BCUT2D eigenvalue weighted by Gasteiger charge is 2.45. The van der Waals surface area contributed by atoms with Crippen LogP contribution in [0.2, 0.25) is 0 Å². The average molecular weight is 518 g/mol. The molecule has 2 saturated heterocycles. The molecule has 2 N–H and O–H groups in total. The fraction of sp³-hybridized carbons (Fsp3) is 0.448. The van der Waals surface area contributed by atoms with E-state index in [4.69, 9.17) is 0 Å². The fourth-order valence-electron chi connectivity index (χ4n) is 5.58. The number of anilines is 1. The predicted molar refractivity (Wildman–Crippen MR) is 144 cm³/mol. The van der Waals surface area contributed by atoms with Gasteiger partial charge in [-0.3, -0.25) is 39.2 Å². The van der Waals surface area contributed by atoms with Crippen LogP contribution in [0.3, 0.4) is 0 Å². The van der Waals surface area contributed by atoms with Crippen molar-refractivity contribution in [3.8, 4) is 0 Å². The summed E-state index contributed by atoms with van der Waals surface area (Å²) in [7, 11) is 0. The van der Waals surface area contributed by atoms with Crippen molar-refractivity contribution in [3.63, 3.8) is 0 Å². The fourth-order valence-corrected chi connectivity index (χ4v) is 5.58. The van der Waals surface area contributed by atoms with E-state index in [9.17, 15) is 19.2 Å². The topological polar surface area (TPSA) is 102 Å². The Bertz CT molecular complexity index is 1280. The molecule has 2 fully saturated rings. The maximum absolute atomic E-state index is 13.3. The lowest BCUT2D eigenvalue weighted by atomic mass is 10.0. The second-order valence-corrected chi connectivity index (χ2v) is 10.7. The highest BCUT2D eigenvalue weighted by atomic mass is 16.2. The van der Waals surface area contributed by atoms with Crippen molar-refractivity contribution in [1.29, 1.82) is 0 Å². The van der Waals surface area contributed by atoms with Crippen LogP contribution in [0.5, 0.6) is 0 Å².